The number of thiazole rings is 1. The Labute approximate surface area is 177 Å². The minimum atomic E-state index is -0.342. The van der Waals surface area contributed by atoms with E-state index in [1.54, 1.807) is 18.3 Å². The van der Waals surface area contributed by atoms with E-state index in [-0.39, 0.29) is 17.9 Å². The molecule has 0 aliphatic carbocycles. The van der Waals surface area contributed by atoms with Crippen molar-refractivity contribution >= 4 is 49.8 Å². The van der Waals surface area contributed by atoms with Gasteiger partial charge in [0.15, 0.2) is 0 Å². The average Bonchev–Trinajstić information content (AvgIpc) is 3.39. The van der Waals surface area contributed by atoms with Crippen LogP contribution in [-0.4, -0.2) is 41.5 Å². The molecule has 6 nitrogen and oxygen atoms in total. The number of para-hydroxylation sites is 1. The summed E-state index contributed by atoms with van der Waals surface area (Å²) in [4.78, 5) is 32.1. The van der Waals surface area contributed by atoms with Crippen LogP contribution in [-0.2, 0) is 9.53 Å². The van der Waals surface area contributed by atoms with Crippen LogP contribution in [0.5, 0.6) is 0 Å². The van der Waals surface area contributed by atoms with Gasteiger partial charge in [-0.15, -0.1) is 22.7 Å². The normalized spacial score (nSPS) is 17.0. The quantitative estimate of drug-likeness (QED) is 0.579. The van der Waals surface area contributed by atoms with E-state index >= 15 is 0 Å². The fourth-order valence-corrected chi connectivity index (χ4v) is 5.75. The van der Waals surface area contributed by atoms with Crippen molar-refractivity contribution < 1.29 is 14.3 Å². The number of esters is 1. The molecule has 8 heteroatoms. The molecular formula is C21H23N3O3S2. The fraction of sp³-hybridized carbons (Fsp3) is 0.381. The Morgan fingerprint density at radius 1 is 1.31 bits per heavy atom. The molecule has 4 rings (SSSR count). The highest BCUT2D eigenvalue weighted by Crippen LogP contribution is 2.36. The number of rotatable bonds is 6. The van der Waals surface area contributed by atoms with Gasteiger partial charge in [0.05, 0.1) is 34.4 Å². The predicted octanol–water partition coefficient (Wildman–Crippen LogP) is 4.62. The lowest BCUT2D eigenvalue weighted by Gasteiger charge is -2.21. The van der Waals surface area contributed by atoms with Gasteiger partial charge in [-0.05, 0) is 57.0 Å². The smallest absolute Gasteiger partial charge is 0.348 e. The molecule has 3 heterocycles. The Balaban J connectivity index is 1.42. The van der Waals surface area contributed by atoms with Gasteiger partial charge in [-0.1, -0.05) is 12.1 Å². The largest absolute Gasteiger partial charge is 0.462 e. The number of nitrogens with one attached hydrogen (secondary N) is 1. The third-order valence-electron chi connectivity index (χ3n) is 4.95. The zero-order chi connectivity index (χ0) is 20.4. The van der Waals surface area contributed by atoms with Gasteiger partial charge in [-0.25, -0.2) is 9.78 Å². The monoisotopic (exact) mass is 429 g/mol. The van der Waals surface area contributed by atoms with Crippen molar-refractivity contribution in [2.75, 3.05) is 25.0 Å². The Hall–Kier alpha value is -2.29. The first-order valence-electron chi connectivity index (χ1n) is 9.72. The number of aromatic nitrogens is 1. The van der Waals surface area contributed by atoms with E-state index in [0.29, 0.717) is 23.0 Å². The number of carbonyl (C=O) groups excluding carboxylic acids is 2. The van der Waals surface area contributed by atoms with E-state index in [9.17, 15) is 9.59 Å². The van der Waals surface area contributed by atoms with E-state index in [2.05, 4.69) is 16.3 Å². The molecule has 152 valence electrons. The number of ether oxygens (including phenoxy) is 1. The summed E-state index contributed by atoms with van der Waals surface area (Å²) in [6.45, 7) is 5.15. The van der Waals surface area contributed by atoms with Gasteiger partial charge in [-0.3, -0.25) is 9.69 Å². The molecule has 1 aliphatic rings. The Morgan fingerprint density at radius 3 is 2.93 bits per heavy atom. The fourth-order valence-electron chi connectivity index (χ4n) is 3.63. The molecule has 1 aromatic carbocycles. The van der Waals surface area contributed by atoms with Crippen LogP contribution in [0.25, 0.3) is 10.2 Å². The summed E-state index contributed by atoms with van der Waals surface area (Å²) in [5.74, 6) is -0.416. The lowest BCUT2D eigenvalue weighted by molar-refractivity contribution is -0.117. The zero-order valence-corrected chi connectivity index (χ0v) is 18.1. The third kappa shape index (κ3) is 4.34. The number of amides is 1. The van der Waals surface area contributed by atoms with Crippen LogP contribution in [0.15, 0.2) is 30.3 Å². The average molecular weight is 430 g/mol. The van der Waals surface area contributed by atoms with Crippen LogP contribution in [0.4, 0.5) is 5.00 Å². The summed E-state index contributed by atoms with van der Waals surface area (Å²) >= 11 is 2.97. The van der Waals surface area contributed by atoms with Crippen LogP contribution in [0.2, 0.25) is 0 Å². The van der Waals surface area contributed by atoms with E-state index in [1.807, 2.05) is 31.2 Å². The number of fused-ring (bicyclic) bond motifs is 1. The number of aryl methyl sites for hydroxylation is 1. The van der Waals surface area contributed by atoms with Gasteiger partial charge < -0.3 is 10.1 Å². The minimum Gasteiger partial charge on any atom is -0.462 e. The first-order valence-corrected chi connectivity index (χ1v) is 11.4. The van der Waals surface area contributed by atoms with Crippen molar-refractivity contribution in [3.05, 3.63) is 45.8 Å². The minimum absolute atomic E-state index is 0.0744. The number of hydrogen-bond donors (Lipinski definition) is 1. The molecule has 1 fully saturated rings. The zero-order valence-electron chi connectivity index (χ0n) is 16.4. The van der Waals surface area contributed by atoms with Gasteiger partial charge in [-0.2, -0.15) is 0 Å². The number of hydrogen-bond acceptors (Lipinski definition) is 7. The lowest BCUT2D eigenvalue weighted by Crippen LogP contribution is -2.32. The van der Waals surface area contributed by atoms with Gasteiger partial charge >= 0.3 is 5.97 Å². The molecule has 2 aromatic heterocycles. The summed E-state index contributed by atoms with van der Waals surface area (Å²) in [5.41, 5.74) is 1.83. The lowest BCUT2D eigenvalue weighted by atomic mass is 10.2. The molecule has 0 unspecified atom stereocenters. The predicted molar refractivity (Wildman–Crippen MR) is 117 cm³/mol. The van der Waals surface area contributed by atoms with Crippen molar-refractivity contribution in [2.24, 2.45) is 0 Å². The molecule has 1 amide bonds. The molecule has 0 saturated carbocycles. The standard InChI is InChI=1S/C21H23N3O3S2/c1-3-27-21(26)19-13(2)11-18(29-19)23-17(25)12-24-10-6-8-15(24)20-22-14-7-4-5-9-16(14)28-20/h4-5,7,9,11,15H,3,6,8,10,12H2,1-2H3,(H,23,25)/t15-/m0/s1. The first-order chi connectivity index (χ1) is 14.0. The van der Waals surface area contributed by atoms with Gasteiger partial charge in [0.2, 0.25) is 5.91 Å². The van der Waals surface area contributed by atoms with Gasteiger partial charge in [0.1, 0.15) is 9.88 Å². The first kappa shape index (κ1) is 20.0. The van der Waals surface area contributed by atoms with Crippen molar-refractivity contribution in [3.8, 4) is 0 Å². The second-order valence-electron chi connectivity index (χ2n) is 7.04. The summed E-state index contributed by atoms with van der Waals surface area (Å²) < 4.78 is 6.25. The number of nitrogens with zero attached hydrogens (tertiary/aromatic N) is 2. The second kappa shape index (κ2) is 8.61. The molecule has 1 atom stereocenters. The summed E-state index contributed by atoms with van der Waals surface area (Å²) in [6.07, 6.45) is 2.07. The van der Waals surface area contributed by atoms with Crippen molar-refractivity contribution in [1.82, 2.24) is 9.88 Å². The topological polar surface area (TPSA) is 71.5 Å². The summed E-state index contributed by atoms with van der Waals surface area (Å²) in [6, 6.07) is 10.1. The molecule has 1 N–H and O–H groups in total. The molecule has 0 bridgehead atoms. The molecule has 1 saturated heterocycles. The Morgan fingerprint density at radius 2 is 2.14 bits per heavy atom. The third-order valence-corrected chi connectivity index (χ3v) is 7.22. The number of likely N-dealkylation sites (tertiary alicyclic amines) is 1. The van der Waals surface area contributed by atoms with E-state index < -0.39 is 0 Å². The van der Waals surface area contributed by atoms with Crippen molar-refractivity contribution in [3.63, 3.8) is 0 Å². The van der Waals surface area contributed by atoms with Gasteiger partial charge in [0.25, 0.3) is 0 Å². The number of carbonyl (C=O) groups is 2. The van der Waals surface area contributed by atoms with Crippen molar-refractivity contribution in [2.45, 2.75) is 32.7 Å². The Bertz CT molecular complexity index is 1010. The van der Waals surface area contributed by atoms with Crippen LogP contribution in [0, 0.1) is 6.92 Å². The maximum atomic E-state index is 12.7. The van der Waals surface area contributed by atoms with Crippen LogP contribution >= 0.6 is 22.7 Å². The van der Waals surface area contributed by atoms with Crippen molar-refractivity contribution in [1.29, 1.82) is 0 Å². The number of anilines is 1. The number of thiophene rings is 1. The highest BCUT2D eigenvalue weighted by Gasteiger charge is 2.30. The van der Waals surface area contributed by atoms with E-state index in [1.165, 1.54) is 16.0 Å². The maximum absolute atomic E-state index is 12.7. The summed E-state index contributed by atoms with van der Waals surface area (Å²) in [5, 5.41) is 4.69. The molecule has 3 aromatic rings. The maximum Gasteiger partial charge on any atom is 0.348 e. The van der Waals surface area contributed by atoms with E-state index in [4.69, 9.17) is 9.72 Å². The van der Waals surface area contributed by atoms with Crippen LogP contribution in [0.1, 0.15) is 46.0 Å². The van der Waals surface area contributed by atoms with E-state index in [0.717, 1.165) is 35.5 Å². The second-order valence-corrected chi connectivity index (χ2v) is 9.15. The highest BCUT2D eigenvalue weighted by molar-refractivity contribution is 7.18. The summed E-state index contributed by atoms with van der Waals surface area (Å²) in [7, 11) is 0. The Kier molecular flexibility index (Phi) is 5.94. The molecule has 1 aliphatic heterocycles. The number of benzene rings is 1. The molecule has 0 radical (unpaired) electrons. The van der Waals surface area contributed by atoms with Gasteiger partial charge in [0, 0.05) is 0 Å². The molecule has 29 heavy (non-hydrogen) atoms. The van der Waals surface area contributed by atoms with Crippen LogP contribution < -0.4 is 5.32 Å². The highest BCUT2D eigenvalue weighted by atomic mass is 32.1. The SMILES string of the molecule is CCOC(=O)c1sc(NC(=O)CN2CCC[C@H]2c2nc3ccccc3s2)cc1C. The van der Waals surface area contributed by atoms with Crippen LogP contribution in [0.3, 0.4) is 0 Å². The molecule has 0 spiro atoms. The molecular weight excluding hydrogens is 406 g/mol.